The molecule has 1 rings (SSSR count). The smallest absolute Gasteiger partial charge is 0.223 e. The highest BCUT2D eigenvalue weighted by atomic mass is 16.3. The van der Waals surface area contributed by atoms with Gasteiger partial charge in [-0.3, -0.25) is 4.79 Å². The van der Waals surface area contributed by atoms with Crippen LogP contribution in [0, 0.1) is 11.8 Å². The predicted molar refractivity (Wildman–Crippen MR) is 60.3 cm³/mol. The van der Waals surface area contributed by atoms with Gasteiger partial charge in [-0.15, -0.1) is 6.58 Å². The molecule has 1 saturated heterocycles. The van der Waals surface area contributed by atoms with Crippen LogP contribution in [0.4, 0.5) is 0 Å². The van der Waals surface area contributed by atoms with Crippen molar-refractivity contribution in [1.82, 2.24) is 4.90 Å². The first-order valence-electron chi connectivity index (χ1n) is 5.61. The van der Waals surface area contributed by atoms with Crippen LogP contribution in [0.15, 0.2) is 12.7 Å². The van der Waals surface area contributed by atoms with Gasteiger partial charge in [0.15, 0.2) is 0 Å². The maximum absolute atomic E-state index is 11.7. The van der Waals surface area contributed by atoms with Crippen molar-refractivity contribution in [3.8, 4) is 0 Å². The van der Waals surface area contributed by atoms with Crippen LogP contribution in [0.1, 0.15) is 26.7 Å². The standard InChI is InChI=1S/C12H21NO2/c1-4-10-6-12(15)13(7-10)11(8-14)5-9(2)3/h4,9-11,14H,1,5-8H2,2-3H3/t10?,11-/m0/s1. The maximum atomic E-state index is 11.7. The summed E-state index contributed by atoms with van der Waals surface area (Å²) in [7, 11) is 0. The number of aliphatic hydroxyl groups excluding tert-OH is 1. The fourth-order valence-electron chi connectivity index (χ4n) is 2.12. The van der Waals surface area contributed by atoms with E-state index in [-0.39, 0.29) is 24.5 Å². The van der Waals surface area contributed by atoms with Crippen LogP contribution in [0.3, 0.4) is 0 Å². The van der Waals surface area contributed by atoms with Crippen molar-refractivity contribution < 1.29 is 9.90 Å². The van der Waals surface area contributed by atoms with Gasteiger partial charge in [-0.1, -0.05) is 19.9 Å². The first-order valence-corrected chi connectivity index (χ1v) is 5.61. The van der Waals surface area contributed by atoms with Gasteiger partial charge in [0, 0.05) is 18.9 Å². The minimum absolute atomic E-state index is 0.0116. The molecule has 1 aliphatic heterocycles. The largest absolute Gasteiger partial charge is 0.394 e. The van der Waals surface area contributed by atoms with Gasteiger partial charge in [0.05, 0.1) is 12.6 Å². The van der Waals surface area contributed by atoms with Gasteiger partial charge in [-0.05, 0) is 12.3 Å². The van der Waals surface area contributed by atoms with Crippen molar-refractivity contribution in [3.05, 3.63) is 12.7 Å². The van der Waals surface area contributed by atoms with Crippen molar-refractivity contribution in [3.63, 3.8) is 0 Å². The molecule has 15 heavy (non-hydrogen) atoms. The molecule has 0 bridgehead atoms. The van der Waals surface area contributed by atoms with Crippen LogP contribution in [0.2, 0.25) is 0 Å². The summed E-state index contributed by atoms with van der Waals surface area (Å²) in [4.78, 5) is 13.5. The first kappa shape index (κ1) is 12.2. The molecule has 0 saturated carbocycles. The van der Waals surface area contributed by atoms with Gasteiger partial charge < -0.3 is 10.0 Å². The third kappa shape index (κ3) is 3.06. The first-order chi connectivity index (χ1) is 7.08. The third-order valence-electron chi connectivity index (χ3n) is 2.92. The monoisotopic (exact) mass is 211 g/mol. The lowest BCUT2D eigenvalue weighted by atomic mass is 10.0. The molecule has 0 aromatic carbocycles. The van der Waals surface area contributed by atoms with E-state index >= 15 is 0 Å². The topological polar surface area (TPSA) is 40.5 Å². The number of amides is 1. The molecule has 2 atom stereocenters. The highest BCUT2D eigenvalue weighted by Gasteiger charge is 2.32. The molecular formula is C12H21NO2. The average molecular weight is 211 g/mol. The molecule has 1 aliphatic rings. The van der Waals surface area contributed by atoms with Crippen LogP contribution in [0.5, 0.6) is 0 Å². The molecule has 1 amide bonds. The number of aliphatic hydroxyl groups is 1. The highest BCUT2D eigenvalue weighted by molar-refractivity contribution is 5.79. The summed E-state index contributed by atoms with van der Waals surface area (Å²) in [6, 6.07) is -0.0116. The zero-order valence-corrected chi connectivity index (χ0v) is 9.65. The van der Waals surface area contributed by atoms with Crippen LogP contribution in [-0.4, -0.2) is 35.1 Å². The van der Waals surface area contributed by atoms with E-state index in [0.717, 1.165) is 13.0 Å². The molecule has 1 heterocycles. The Morgan fingerprint density at radius 2 is 2.33 bits per heavy atom. The number of carbonyl (C=O) groups excluding carboxylic acids is 1. The van der Waals surface area contributed by atoms with Crippen molar-refractivity contribution in [2.24, 2.45) is 11.8 Å². The fourth-order valence-corrected chi connectivity index (χ4v) is 2.12. The van der Waals surface area contributed by atoms with Crippen LogP contribution in [-0.2, 0) is 4.79 Å². The summed E-state index contributed by atoms with van der Waals surface area (Å²) >= 11 is 0. The number of likely N-dealkylation sites (tertiary alicyclic amines) is 1. The number of nitrogens with zero attached hydrogens (tertiary/aromatic N) is 1. The van der Waals surface area contributed by atoms with Gasteiger partial charge >= 0.3 is 0 Å². The maximum Gasteiger partial charge on any atom is 0.223 e. The zero-order valence-electron chi connectivity index (χ0n) is 9.65. The number of carbonyl (C=O) groups is 1. The molecule has 3 nitrogen and oxygen atoms in total. The van der Waals surface area contributed by atoms with Gasteiger partial charge in [0.2, 0.25) is 5.91 Å². The van der Waals surface area contributed by atoms with Gasteiger partial charge in [-0.2, -0.15) is 0 Å². The van der Waals surface area contributed by atoms with E-state index in [2.05, 4.69) is 20.4 Å². The van der Waals surface area contributed by atoms with Crippen LogP contribution < -0.4 is 0 Å². The average Bonchev–Trinajstić information content (AvgIpc) is 2.56. The Hall–Kier alpha value is -0.830. The second-order valence-corrected chi connectivity index (χ2v) is 4.71. The van der Waals surface area contributed by atoms with E-state index in [1.54, 1.807) is 0 Å². The number of hydrogen-bond acceptors (Lipinski definition) is 2. The van der Waals surface area contributed by atoms with E-state index < -0.39 is 0 Å². The van der Waals surface area contributed by atoms with E-state index in [0.29, 0.717) is 12.3 Å². The molecule has 1 fully saturated rings. The lowest BCUT2D eigenvalue weighted by Crippen LogP contribution is -2.40. The normalized spacial score (nSPS) is 23.6. The van der Waals surface area contributed by atoms with Crippen LogP contribution >= 0.6 is 0 Å². The van der Waals surface area contributed by atoms with Gasteiger partial charge in [0.1, 0.15) is 0 Å². The molecule has 1 N–H and O–H groups in total. The predicted octanol–water partition coefficient (Wildman–Crippen LogP) is 1.43. The molecular weight excluding hydrogens is 190 g/mol. The second kappa shape index (κ2) is 5.31. The zero-order chi connectivity index (χ0) is 11.4. The third-order valence-corrected chi connectivity index (χ3v) is 2.92. The number of hydrogen-bond donors (Lipinski definition) is 1. The molecule has 0 aromatic rings. The summed E-state index contributed by atoms with van der Waals surface area (Å²) in [6.07, 6.45) is 3.26. The summed E-state index contributed by atoms with van der Waals surface area (Å²) in [5.41, 5.74) is 0. The molecule has 1 unspecified atom stereocenters. The fraction of sp³-hybridized carbons (Fsp3) is 0.750. The highest BCUT2D eigenvalue weighted by Crippen LogP contribution is 2.23. The Kier molecular flexibility index (Phi) is 4.33. The van der Waals surface area contributed by atoms with Crippen molar-refractivity contribution >= 4 is 5.91 Å². The minimum atomic E-state index is -0.0116. The Balaban J connectivity index is 2.60. The Labute approximate surface area is 91.8 Å². The molecule has 0 spiro atoms. The van der Waals surface area contributed by atoms with Crippen LogP contribution in [0.25, 0.3) is 0 Å². The molecule has 0 radical (unpaired) electrons. The van der Waals surface area contributed by atoms with Crippen molar-refractivity contribution in [2.75, 3.05) is 13.2 Å². The molecule has 0 aliphatic carbocycles. The summed E-state index contributed by atoms with van der Waals surface area (Å²) in [5, 5.41) is 9.29. The SMILES string of the molecule is C=CC1CC(=O)N([C@H](CO)CC(C)C)C1. The Morgan fingerprint density at radius 1 is 1.67 bits per heavy atom. The Morgan fingerprint density at radius 3 is 2.73 bits per heavy atom. The molecule has 86 valence electrons. The lowest BCUT2D eigenvalue weighted by molar-refractivity contribution is -0.130. The minimum Gasteiger partial charge on any atom is -0.394 e. The van der Waals surface area contributed by atoms with Gasteiger partial charge in [0.25, 0.3) is 0 Å². The van der Waals surface area contributed by atoms with Crippen molar-refractivity contribution in [2.45, 2.75) is 32.7 Å². The second-order valence-electron chi connectivity index (χ2n) is 4.71. The summed E-state index contributed by atoms with van der Waals surface area (Å²) in [6.45, 7) is 8.71. The molecule has 3 heteroatoms. The summed E-state index contributed by atoms with van der Waals surface area (Å²) < 4.78 is 0. The van der Waals surface area contributed by atoms with Crippen molar-refractivity contribution in [1.29, 1.82) is 0 Å². The van der Waals surface area contributed by atoms with E-state index in [4.69, 9.17) is 0 Å². The van der Waals surface area contributed by atoms with E-state index in [9.17, 15) is 9.90 Å². The summed E-state index contributed by atoms with van der Waals surface area (Å²) in [5.74, 6) is 0.913. The quantitative estimate of drug-likeness (QED) is 0.699. The van der Waals surface area contributed by atoms with E-state index in [1.165, 1.54) is 0 Å². The van der Waals surface area contributed by atoms with Gasteiger partial charge in [-0.25, -0.2) is 0 Å². The van der Waals surface area contributed by atoms with E-state index in [1.807, 2.05) is 11.0 Å². The lowest BCUT2D eigenvalue weighted by Gasteiger charge is -2.27. The number of rotatable bonds is 5. The molecule has 0 aromatic heterocycles. The Bertz CT molecular complexity index is 238.